The number of nitrogen functional groups attached to an aromatic ring is 1. The zero-order chi connectivity index (χ0) is 10.0. The summed E-state index contributed by atoms with van der Waals surface area (Å²) in [7, 11) is 0. The predicted octanol–water partition coefficient (Wildman–Crippen LogP) is -0.126. The number of aliphatic hydroxyl groups is 1. The quantitative estimate of drug-likeness (QED) is 0.613. The van der Waals surface area contributed by atoms with Gasteiger partial charge in [0.1, 0.15) is 5.69 Å². The zero-order valence-electron chi connectivity index (χ0n) is 7.87. The van der Waals surface area contributed by atoms with E-state index in [4.69, 9.17) is 10.8 Å². The molecule has 0 saturated carbocycles. The Labute approximate surface area is 76.2 Å². The van der Waals surface area contributed by atoms with Gasteiger partial charge >= 0.3 is 0 Å². The van der Waals surface area contributed by atoms with E-state index < -0.39 is 0 Å². The Morgan fingerprint density at radius 3 is 2.62 bits per heavy atom. The molecule has 1 aromatic rings. The molecule has 5 heteroatoms. The van der Waals surface area contributed by atoms with Crippen molar-refractivity contribution < 1.29 is 5.11 Å². The van der Waals surface area contributed by atoms with Crippen molar-refractivity contribution in [2.75, 3.05) is 12.3 Å². The number of hydrogen-bond acceptors (Lipinski definition) is 3. The molecule has 0 fully saturated rings. The number of rotatable bonds is 3. The lowest BCUT2D eigenvalue weighted by atomic mass is 10.1. The number of aromatic amines is 1. The fraction of sp³-hybridized carbons (Fsp3) is 0.625. The van der Waals surface area contributed by atoms with Gasteiger partial charge in [0.05, 0.1) is 18.8 Å². The molecule has 74 valence electrons. The van der Waals surface area contributed by atoms with Gasteiger partial charge in [-0.1, -0.05) is 13.8 Å². The van der Waals surface area contributed by atoms with Crippen LogP contribution in [0.1, 0.15) is 25.5 Å². The van der Waals surface area contributed by atoms with Gasteiger partial charge in [-0.2, -0.15) is 0 Å². The Bertz CT molecular complexity index is 338. The van der Waals surface area contributed by atoms with Gasteiger partial charge in [-0.25, -0.2) is 4.68 Å². The Morgan fingerprint density at radius 1 is 1.62 bits per heavy atom. The summed E-state index contributed by atoms with van der Waals surface area (Å²) >= 11 is 0. The zero-order valence-corrected chi connectivity index (χ0v) is 7.87. The standard InChI is InChI=1S/C8H15N3O2/c1-5(2)7-6(9)8(13)11(10-7)3-4-12/h5,10,12H,3-4,9H2,1-2H3. The topological polar surface area (TPSA) is 84.0 Å². The fourth-order valence-corrected chi connectivity index (χ4v) is 1.21. The first-order valence-electron chi connectivity index (χ1n) is 4.27. The summed E-state index contributed by atoms with van der Waals surface area (Å²) < 4.78 is 1.32. The molecule has 0 saturated heterocycles. The van der Waals surface area contributed by atoms with Crippen LogP contribution in [0.25, 0.3) is 0 Å². The minimum Gasteiger partial charge on any atom is -0.394 e. The highest BCUT2D eigenvalue weighted by Crippen LogP contribution is 2.15. The van der Waals surface area contributed by atoms with E-state index in [1.54, 1.807) is 0 Å². The minimum atomic E-state index is -0.252. The number of H-pyrrole nitrogens is 1. The van der Waals surface area contributed by atoms with Crippen LogP contribution in [0, 0.1) is 0 Å². The van der Waals surface area contributed by atoms with E-state index in [0.717, 1.165) is 5.69 Å². The lowest BCUT2D eigenvalue weighted by Crippen LogP contribution is -2.20. The summed E-state index contributed by atoms with van der Waals surface area (Å²) in [5.74, 6) is 0.188. The van der Waals surface area contributed by atoms with Crippen LogP contribution in [0.2, 0.25) is 0 Å². The normalized spacial score (nSPS) is 11.1. The van der Waals surface area contributed by atoms with Crippen LogP contribution in [-0.2, 0) is 6.54 Å². The third-order valence-corrected chi connectivity index (χ3v) is 1.92. The van der Waals surface area contributed by atoms with E-state index in [1.807, 2.05) is 13.8 Å². The van der Waals surface area contributed by atoms with Crippen LogP contribution >= 0.6 is 0 Å². The first-order valence-corrected chi connectivity index (χ1v) is 4.27. The predicted molar refractivity (Wildman–Crippen MR) is 50.6 cm³/mol. The second-order valence-electron chi connectivity index (χ2n) is 3.27. The van der Waals surface area contributed by atoms with Gasteiger partial charge in [-0.3, -0.25) is 9.89 Å². The Kier molecular flexibility index (Phi) is 2.77. The van der Waals surface area contributed by atoms with Gasteiger partial charge in [0, 0.05) is 0 Å². The van der Waals surface area contributed by atoms with Crippen LogP contribution in [0.5, 0.6) is 0 Å². The average molecular weight is 185 g/mol. The molecule has 0 amide bonds. The summed E-state index contributed by atoms with van der Waals surface area (Å²) in [6.45, 7) is 4.09. The fourth-order valence-electron chi connectivity index (χ4n) is 1.21. The highest BCUT2D eigenvalue weighted by atomic mass is 16.3. The molecule has 5 nitrogen and oxygen atoms in total. The van der Waals surface area contributed by atoms with Gasteiger partial charge in [0.25, 0.3) is 5.56 Å². The Balaban J connectivity index is 3.13. The second kappa shape index (κ2) is 3.66. The minimum absolute atomic E-state index is 0.0720. The number of nitrogens with one attached hydrogen (secondary N) is 1. The molecule has 0 radical (unpaired) electrons. The SMILES string of the molecule is CC(C)c1[nH]n(CCO)c(=O)c1N. The summed E-state index contributed by atoms with van der Waals surface area (Å²) in [6.07, 6.45) is 0. The number of anilines is 1. The molecule has 1 heterocycles. The van der Waals surface area contributed by atoms with E-state index in [0.29, 0.717) is 0 Å². The van der Waals surface area contributed by atoms with Gasteiger partial charge in [-0.15, -0.1) is 0 Å². The molecule has 0 atom stereocenters. The molecule has 1 rings (SSSR count). The molecule has 0 aliphatic heterocycles. The molecule has 0 aromatic carbocycles. The number of nitrogens with two attached hydrogens (primary N) is 1. The van der Waals surface area contributed by atoms with Gasteiger partial charge in [0.2, 0.25) is 0 Å². The second-order valence-corrected chi connectivity index (χ2v) is 3.27. The lowest BCUT2D eigenvalue weighted by molar-refractivity contribution is 0.267. The Morgan fingerprint density at radius 2 is 2.23 bits per heavy atom. The van der Waals surface area contributed by atoms with E-state index in [-0.39, 0.29) is 30.3 Å². The summed E-state index contributed by atoms with van der Waals surface area (Å²) in [5.41, 5.74) is 6.32. The third-order valence-electron chi connectivity index (χ3n) is 1.92. The molecule has 0 spiro atoms. The molecular formula is C8H15N3O2. The van der Waals surface area contributed by atoms with Crippen molar-refractivity contribution in [1.82, 2.24) is 9.78 Å². The molecule has 4 N–H and O–H groups in total. The van der Waals surface area contributed by atoms with Crippen LogP contribution in [0.15, 0.2) is 4.79 Å². The third kappa shape index (κ3) is 1.75. The van der Waals surface area contributed by atoms with Crippen molar-refractivity contribution >= 4 is 5.69 Å². The molecule has 0 bridgehead atoms. The number of nitrogens with zero attached hydrogens (tertiary/aromatic N) is 1. The molecule has 1 aromatic heterocycles. The molecule has 0 aliphatic rings. The molecular weight excluding hydrogens is 170 g/mol. The van der Waals surface area contributed by atoms with Crippen molar-refractivity contribution in [2.24, 2.45) is 0 Å². The monoisotopic (exact) mass is 185 g/mol. The van der Waals surface area contributed by atoms with E-state index in [9.17, 15) is 4.79 Å². The summed E-state index contributed by atoms with van der Waals surface area (Å²) in [5, 5.41) is 11.5. The highest BCUT2D eigenvalue weighted by molar-refractivity contribution is 5.42. The first kappa shape index (κ1) is 9.85. The average Bonchev–Trinajstić information content (AvgIpc) is 2.33. The molecule has 13 heavy (non-hydrogen) atoms. The maximum Gasteiger partial charge on any atom is 0.290 e. The van der Waals surface area contributed by atoms with Crippen molar-refractivity contribution in [3.05, 3.63) is 16.0 Å². The lowest BCUT2D eigenvalue weighted by Gasteiger charge is -2.01. The van der Waals surface area contributed by atoms with Gasteiger partial charge in [-0.05, 0) is 5.92 Å². The largest absolute Gasteiger partial charge is 0.394 e. The van der Waals surface area contributed by atoms with E-state index in [2.05, 4.69) is 5.10 Å². The van der Waals surface area contributed by atoms with Crippen molar-refractivity contribution in [1.29, 1.82) is 0 Å². The maximum atomic E-state index is 11.4. The van der Waals surface area contributed by atoms with Crippen LogP contribution < -0.4 is 11.3 Å². The van der Waals surface area contributed by atoms with Crippen molar-refractivity contribution in [3.63, 3.8) is 0 Å². The highest BCUT2D eigenvalue weighted by Gasteiger charge is 2.12. The van der Waals surface area contributed by atoms with Crippen molar-refractivity contribution in [3.8, 4) is 0 Å². The first-order chi connectivity index (χ1) is 6.07. The van der Waals surface area contributed by atoms with E-state index in [1.165, 1.54) is 4.68 Å². The van der Waals surface area contributed by atoms with Crippen molar-refractivity contribution in [2.45, 2.75) is 26.3 Å². The maximum absolute atomic E-state index is 11.4. The molecule has 0 aliphatic carbocycles. The molecule has 0 unspecified atom stereocenters. The van der Waals surface area contributed by atoms with E-state index >= 15 is 0 Å². The number of aromatic nitrogens is 2. The summed E-state index contributed by atoms with van der Waals surface area (Å²) in [4.78, 5) is 11.4. The van der Waals surface area contributed by atoms with Crippen LogP contribution in [-0.4, -0.2) is 21.5 Å². The smallest absolute Gasteiger partial charge is 0.290 e. The van der Waals surface area contributed by atoms with Gasteiger partial charge in [0.15, 0.2) is 0 Å². The van der Waals surface area contributed by atoms with Gasteiger partial charge < -0.3 is 10.8 Å². The number of aliphatic hydroxyl groups excluding tert-OH is 1. The van der Waals surface area contributed by atoms with Crippen LogP contribution in [0.4, 0.5) is 5.69 Å². The number of hydrogen-bond donors (Lipinski definition) is 3. The Hall–Kier alpha value is -1.23. The summed E-state index contributed by atoms with van der Waals surface area (Å²) in [6, 6.07) is 0. The van der Waals surface area contributed by atoms with Crippen LogP contribution in [0.3, 0.4) is 0 Å².